The lowest BCUT2D eigenvalue weighted by Crippen LogP contribution is -2.43. The largest absolute Gasteiger partial charge is 0.395 e. The van der Waals surface area contributed by atoms with E-state index in [1.165, 1.54) is 38.5 Å². The molecule has 0 aromatic rings. The number of hydrogen-bond donors (Lipinski definition) is 1. The first kappa shape index (κ1) is 16.9. The minimum absolute atomic E-state index is 0.266. The van der Waals surface area contributed by atoms with Gasteiger partial charge in [0.25, 0.3) is 0 Å². The van der Waals surface area contributed by atoms with E-state index < -0.39 is 0 Å². The standard InChI is InChI=1S/C11H23NO2.C4H8O/c1-2-3-4-5-11-10-12(6-8-13)7-9-14-11;1-2-4-5-3-1/h11,13H,2-10H2,1H3;1-4H2. The van der Waals surface area contributed by atoms with Gasteiger partial charge in [0.2, 0.25) is 0 Å². The highest BCUT2D eigenvalue weighted by Crippen LogP contribution is 2.12. The van der Waals surface area contributed by atoms with Crippen LogP contribution in [0.5, 0.6) is 0 Å². The first-order valence-electron chi connectivity index (χ1n) is 7.89. The SMILES string of the molecule is C1CCOC1.CCCCCC1CN(CCO)CCO1. The van der Waals surface area contributed by atoms with Crippen LogP contribution in [-0.4, -0.2) is 62.2 Å². The van der Waals surface area contributed by atoms with Crippen molar-refractivity contribution in [1.29, 1.82) is 0 Å². The summed E-state index contributed by atoms with van der Waals surface area (Å²) in [6, 6.07) is 0. The van der Waals surface area contributed by atoms with Crippen molar-refractivity contribution in [2.45, 2.75) is 51.6 Å². The van der Waals surface area contributed by atoms with E-state index in [1.54, 1.807) is 0 Å². The van der Waals surface area contributed by atoms with Crippen LogP contribution in [0.15, 0.2) is 0 Å². The molecule has 2 rings (SSSR count). The molecule has 2 aliphatic heterocycles. The average molecular weight is 273 g/mol. The Balaban J connectivity index is 0.000000300. The summed E-state index contributed by atoms with van der Waals surface area (Å²) in [6.07, 6.45) is 7.98. The van der Waals surface area contributed by atoms with Gasteiger partial charge < -0.3 is 14.6 Å². The number of aliphatic hydroxyl groups excluding tert-OH is 1. The summed E-state index contributed by atoms with van der Waals surface area (Å²) in [5.41, 5.74) is 0. The van der Waals surface area contributed by atoms with Crippen molar-refractivity contribution in [2.75, 3.05) is 46.1 Å². The molecular formula is C15H31NO3. The van der Waals surface area contributed by atoms with Crippen LogP contribution in [0.2, 0.25) is 0 Å². The number of aliphatic hydroxyl groups is 1. The zero-order chi connectivity index (χ0) is 13.8. The van der Waals surface area contributed by atoms with Gasteiger partial charge in [-0.2, -0.15) is 0 Å². The Morgan fingerprint density at radius 1 is 1.16 bits per heavy atom. The van der Waals surface area contributed by atoms with Crippen LogP contribution in [0, 0.1) is 0 Å². The molecule has 0 aromatic heterocycles. The molecule has 0 spiro atoms. The van der Waals surface area contributed by atoms with Crippen molar-refractivity contribution in [1.82, 2.24) is 4.90 Å². The smallest absolute Gasteiger partial charge is 0.0702 e. The van der Waals surface area contributed by atoms with E-state index in [-0.39, 0.29) is 6.61 Å². The fourth-order valence-corrected chi connectivity index (χ4v) is 2.43. The van der Waals surface area contributed by atoms with Gasteiger partial charge in [-0.05, 0) is 19.3 Å². The molecule has 0 aromatic carbocycles. The third kappa shape index (κ3) is 8.58. The van der Waals surface area contributed by atoms with Crippen molar-refractivity contribution in [2.24, 2.45) is 0 Å². The van der Waals surface area contributed by atoms with Crippen molar-refractivity contribution < 1.29 is 14.6 Å². The van der Waals surface area contributed by atoms with E-state index in [0.29, 0.717) is 6.10 Å². The van der Waals surface area contributed by atoms with Gasteiger partial charge >= 0.3 is 0 Å². The van der Waals surface area contributed by atoms with Gasteiger partial charge in [0.05, 0.1) is 19.3 Å². The lowest BCUT2D eigenvalue weighted by atomic mass is 10.1. The molecule has 0 saturated carbocycles. The molecular weight excluding hydrogens is 242 g/mol. The van der Waals surface area contributed by atoms with Gasteiger partial charge in [-0.15, -0.1) is 0 Å². The Labute approximate surface area is 118 Å². The molecule has 4 heteroatoms. The molecule has 0 aliphatic carbocycles. The zero-order valence-corrected chi connectivity index (χ0v) is 12.5. The second-order valence-electron chi connectivity index (χ2n) is 5.33. The van der Waals surface area contributed by atoms with Crippen LogP contribution in [0.4, 0.5) is 0 Å². The quantitative estimate of drug-likeness (QED) is 0.752. The molecule has 2 fully saturated rings. The highest BCUT2D eigenvalue weighted by atomic mass is 16.5. The lowest BCUT2D eigenvalue weighted by molar-refractivity contribution is -0.0365. The minimum atomic E-state index is 0.266. The van der Waals surface area contributed by atoms with Crippen molar-refractivity contribution >= 4 is 0 Å². The molecule has 1 N–H and O–H groups in total. The summed E-state index contributed by atoms with van der Waals surface area (Å²) in [7, 11) is 0. The van der Waals surface area contributed by atoms with Gasteiger partial charge in [0.1, 0.15) is 0 Å². The fourth-order valence-electron chi connectivity index (χ4n) is 2.43. The Morgan fingerprint density at radius 2 is 1.95 bits per heavy atom. The Hall–Kier alpha value is -0.160. The molecule has 114 valence electrons. The number of morpholine rings is 1. The van der Waals surface area contributed by atoms with E-state index in [2.05, 4.69) is 11.8 Å². The van der Waals surface area contributed by atoms with E-state index in [1.807, 2.05) is 0 Å². The maximum atomic E-state index is 8.84. The lowest BCUT2D eigenvalue weighted by Gasteiger charge is -2.32. The Kier molecular flexibility index (Phi) is 10.4. The van der Waals surface area contributed by atoms with Crippen LogP contribution < -0.4 is 0 Å². The Morgan fingerprint density at radius 3 is 2.53 bits per heavy atom. The van der Waals surface area contributed by atoms with Crippen LogP contribution in [0.25, 0.3) is 0 Å². The monoisotopic (exact) mass is 273 g/mol. The molecule has 19 heavy (non-hydrogen) atoms. The topological polar surface area (TPSA) is 41.9 Å². The number of unbranched alkanes of at least 4 members (excludes halogenated alkanes) is 2. The second-order valence-corrected chi connectivity index (χ2v) is 5.33. The maximum absolute atomic E-state index is 8.84. The molecule has 0 bridgehead atoms. The molecule has 0 amide bonds. The van der Waals surface area contributed by atoms with Gasteiger partial charge in [-0.1, -0.05) is 26.2 Å². The highest BCUT2D eigenvalue weighted by Gasteiger charge is 2.18. The minimum Gasteiger partial charge on any atom is -0.395 e. The summed E-state index contributed by atoms with van der Waals surface area (Å²) >= 11 is 0. The number of hydrogen-bond acceptors (Lipinski definition) is 4. The van der Waals surface area contributed by atoms with Gasteiger partial charge in [-0.25, -0.2) is 0 Å². The molecule has 0 radical (unpaired) electrons. The molecule has 2 heterocycles. The third-order valence-corrected chi connectivity index (χ3v) is 3.60. The number of β-amino-alcohol motifs (C(OH)–C–C–N with tert-alkyl or cyclic N) is 1. The molecule has 4 nitrogen and oxygen atoms in total. The summed E-state index contributed by atoms with van der Waals surface area (Å²) in [5.74, 6) is 0. The number of nitrogens with zero attached hydrogens (tertiary/aromatic N) is 1. The van der Waals surface area contributed by atoms with E-state index in [4.69, 9.17) is 14.6 Å². The summed E-state index contributed by atoms with van der Waals surface area (Å²) in [6.45, 7) is 8.10. The first-order chi connectivity index (χ1) is 9.36. The zero-order valence-electron chi connectivity index (χ0n) is 12.5. The second kappa shape index (κ2) is 11.6. The fraction of sp³-hybridized carbons (Fsp3) is 1.00. The van der Waals surface area contributed by atoms with Gasteiger partial charge in [0.15, 0.2) is 0 Å². The molecule has 2 saturated heterocycles. The van der Waals surface area contributed by atoms with Crippen LogP contribution in [0.1, 0.15) is 45.4 Å². The molecule has 2 aliphatic rings. The van der Waals surface area contributed by atoms with Crippen LogP contribution in [0.3, 0.4) is 0 Å². The summed E-state index contributed by atoms with van der Waals surface area (Å²) < 4.78 is 10.6. The number of rotatable bonds is 6. The third-order valence-electron chi connectivity index (χ3n) is 3.60. The molecule has 1 unspecified atom stereocenters. The first-order valence-corrected chi connectivity index (χ1v) is 7.89. The van der Waals surface area contributed by atoms with Gasteiger partial charge in [-0.3, -0.25) is 4.90 Å². The predicted octanol–water partition coefficient (Wildman–Crippen LogP) is 2.06. The van der Waals surface area contributed by atoms with E-state index in [9.17, 15) is 0 Å². The number of ether oxygens (including phenoxy) is 2. The van der Waals surface area contributed by atoms with Gasteiger partial charge in [0, 0.05) is 32.8 Å². The normalized spacial score (nSPS) is 24.0. The van der Waals surface area contributed by atoms with Crippen molar-refractivity contribution in [3.05, 3.63) is 0 Å². The Bertz CT molecular complexity index is 188. The molecule has 1 atom stereocenters. The van der Waals surface area contributed by atoms with Crippen LogP contribution in [-0.2, 0) is 9.47 Å². The van der Waals surface area contributed by atoms with Crippen molar-refractivity contribution in [3.63, 3.8) is 0 Å². The average Bonchev–Trinajstić information content (AvgIpc) is 2.99. The van der Waals surface area contributed by atoms with E-state index in [0.717, 1.165) is 39.5 Å². The van der Waals surface area contributed by atoms with Crippen molar-refractivity contribution in [3.8, 4) is 0 Å². The summed E-state index contributed by atoms with van der Waals surface area (Å²) in [4.78, 5) is 2.29. The predicted molar refractivity (Wildman–Crippen MR) is 77.5 cm³/mol. The summed E-state index contributed by atoms with van der Waals surface area (Å²) in [5, 5.41) is 8.84. The van der Waals surface area contributed by atoms with E-state index >= 15 is 0 Å². The maximum Gasteiger partial charge on any atom is 0.0702 e. The highest BCUT2D eigenvalue weighted by molar-refractivity contribution is 4.71. The van der Waals surface area contributed by atoms with Crippen LogP contribution >= 0.6 is 0 Å².